The van der Waals surface area contributed by atoms with Gasteiger partial charge >= 0.3 is 0 Å². The number of sulfonamides is 1. The molecule has 1 fully saturated rings. The highest BCUT2D eigenvalue weighted by molar-refractivity contribution is 7.89. The van der Waals surface area contributed by atoms with E-state index >= 15 is 0 Å². The van der Waals surface area contributed by atoms with Crippen LogP contribution in [0.5, 0.6) is 0 Å². The topological polar surface area (TPSA) is 58.4 Å². The van der Waals surface area contributed by atoms with Gasteiger partial charge in [0, 0.05) is 45.5 Å². The third-order valence-electron chi connectivity index (χ3n) is 4.39. The Kier molecular flexibility index (Phi) is 5.03. The fourth-order valence-corrected chi connectivity index (χ4v) is 4.37. The van der Waals surface area contributed by atoms with Crippen LogP contribution in [0.1, 0.15) is 18.1 Å². The van der Waals surface area contributed by atoms with Crippen LogP contribution < -0.4 is 0 Å². The summed E-state index contributed by atoms with van der Waals surface area (Å²) in [6.07, 6.45) is 3.05. The molecular weight excluding hydrogens is 324 g/mol. The van der Waals surface area contributed by atoms with Crippen molar-refractivity contribution in [3.8, 4) is 0 Å². The standard InChI is InChI=1S/C17H24N4O2S/c1-3-20-14-17(12-18-20)24(22,23)21-9-7-19(8-10-21)13-16-6-4-5-15(2)11-16/h4-6,11-12,14H,3,7-10,13H2,1-2H3. The fraction of sp³-hybridized carbons (Fsp3) is 0.471. The summed E-state index contributed by atoms with van der Waals surface area (Å²) < 4.78 is 28.6. The van der Waals surface area contributed by atoms with E-state index in [-0.39, 0.29) is 4.90 Å². The lowest BCUT2D eigenvalue weighted by atomic mass is 10.1. The van der Waals surface area contributed by atoms with Gasteiger partial charge in [0.15, 0.2) is 0 Å². The summed E-state index contributed by atoms with van der Waals surface area (Å²) in [5, 5.41) is 4.08. The van der Waals surface area contributed by atoms with E-state index in [1.165, 1.54) is 17.3 Å². The average Bonchev–Trinajstić information content (AvgIpc) is 3.05. The zero-order valence-corrected chi connectivity index (χ0v) is 15.0. The van der Waals surface area contributed by atoms with E-state index in [1.807, 2.05) is 6.92 Å². The fourth-order valence-electron chi connectivity index (χ4n) is 3.00. The number of piperazine rings is 1. The highest BCUT2D eigenvalue weighted by atomic mass is 32.2. The van der Waals surface area contributed by atoms with Crippen LogP contribution in [0.2, 0.25) is 0 Å². The summed E-state index contributed by atoms with van der Waals surface area (Å²) in [4.78, 5) is 2.59. The molecule has 7 heteroatoms. The molecule has 0 bridgehead atoms. The van der Waals surface area contributed by atoms with Crippen molar-refractivity contribution in [3.05, 3.63) is 47.8 Å². The van der Waals surface area contributed by atoms with Gasteiger partial charge in [-0.2, -0.15) is 9.40 Å². The van der Waals surface area contributed by atoms with Crippen molar-refractivity contribution in [2.75, 3.05) is 26.2 Å². The summed E-state index contributed by atoms with van der Waals surface area (Å²) in [5.74, 6) is 0. The maximum Gasteiger partial charge on any atom is 0.246 e. The first-order valence-corrected chi connectivity index (χ1v) is 9.73. The lowest BCUT2D eigenvalue weighted by Gasteiger charge is -2.33. The molecule has 0 saturated carbocycles. The van der Waals surface area contributed by atoms with E-state index in [0.717, 1.165) is 19.6 Å². The highest BCUT2D eigenvalue weighted by Gasteiger charge is 2.29. The zero-order valence-electron chi connectivity index (χ0n) is 14.2. The van der Waals surface area contributed by atoms with Crippen LogP contribution in [0.25, 0.3) is 0 Å². The maximum absolute atomic E-state index is 12.7. The molecule has 0 aliphatic carbocycles. The van der Waals surface area contributed by atoms with Crippen molar-refractivity contribution in [2.24, 2.45) is 0 Å². The van der Waals surface area contributed by atoms with E-state index in [9.17, 15) is 8.42 Å². The third-order valence-corrected chi connectivity index (χ3v) is 6.24. The zero-order chi connectivity index (χ0) is 17.2. The normalized spacial score (nSPS) is 17.2. The van der Waals surface area contributed by atoms with E-state index < -0.39 is 10.0 Å². The van der Waals surface area contributed by atoms with Crippen LogP contribution in [0.3, 0.4) is 0 Å². The van der Waals surface area contributed by atoms with Crippen molar-refractivity contribution >= 4 is 10.0 Å². The van der Waals surface area contributed by atoms with Crippen LogP contribution in [0.4, 0.5) is 0 Å². The monoisotopic (exact) mass is 348 g/mol. The summed E-state index contributed by atoms with van der Waals surface area (Å²) in [7, 11) is -3.43. The molecule has 24 heavy (non-hydrogen) atoms. The van der Waals surface area contributed by atoms with Crippen molar-refractivity contribution < 1.29 is 8.42 Å². The van der Waals surface area contributed by atoms with Gasteiger partial charge in [0.2, 0.25) is 10.0 Å². The van der Waals surface area contributed by atoms with E-state index in [1.54, 1.807) is 15.2 Å². The number of hydrogen-bond donors (Lipinski definition) is 0. The molecule has 0 unspecified atom stereocenters. The molecular formula is C17H24N4O2S. The molecule has 3 rings (SSSR count). The summed E-state index contributed by atoms with van der Waals surface area (Å²) in [6, 6.07) is 8.46. The largest absolute Gasteiger partial charge is 0.296 e. The summed E-state index contributed by atoms with van der Waals surface area (Å²) in [5.41, 5.74) is 2.53. The molecule has 6 nitrogen and oxygen atoms in total. The van der Waals surface area contributed by atoms with Gasteiger partial charge < -0.3 is 0 Å². The Labute approximate surface area is 143 Å². The number of aromatic nitrogens is 2. The smallest absolute Gasteiger partial charge is 0.246 e. The Hall–Kier alpha value is -1.70. The number of nitrogens with zero attached hydrogens (tertiary/aromatic N) is 4. The SMILES string of the molecule is CCn1cc(S(=O)(=O)N2CCN(Cc3cccc(C)c3)CC2)cn1. The van der Waals surface area contributed by atoms with Crippen molar-refractivity contribution in [2.45, 2.75) is 31.8 Å². The van der Waals surface area contributed by atoms with Crippen LogP contribution in [-0.4, -0.2) is 53.6 Å². The first-order valence-electron chi connectivity index (χ1n) is 8.29. The van der Waals surface area contributed by atoms with Crippen LogP contribution in [0, 0.1) is 6.92 Å². The van der Waals surface area contributed by atoms with Crippen molar-refractivity contribution in [3.63, 3.8) is 0 Å². The molecule has 1 aliphatic heterocycles. The number of rotatable bonds is 5. The Morgan fingerprint density at radius 2 is 1.92 bits per heavy atom. The minimum atomic E-state index is -3.43. The lowest BCUT2D eigenvalue weighted by molar-refractivity contribution is 0.181. The Bertz CT molecular complexity index is 792. The first-order chi connectivity index (χ1) is 11.5. The minimum Gasteiger partial charge on any atom is -0.296 e. The average molecular weight is 348 g/mol. The maximum atomic E-state index is 12.7. The number of benzene rings is 1. The predicted molar refractivity (Wildman–Crippen MR) is 93.1 cm³/mol. The minimum absolute atomic E-state index is 0.288. The molecule has 0 N–H and O–H groups in total. The van der Waals surface area contributed by atoms with Gasteiger partial charge in [-0.1, -0.05) is 29.8 Å². The molecule has 0 radical (unpaired) electrons. The van der Waals surface area contributed by atoms with Gasteiger partial charge in [-0.3, -0.25) is 9.58 Å². The van der Waals surface area contributed by atoms with E-state index in [2.05, 4.69) is 41.2 Å². The quantitative estimate of drug-likeness (QED) is 0.825. The van der Waals surface area contributed by atoms with Crippen molar-refractivity contribution in [1.29, 1.82) is 0 Å². The van der Waals surface area contributed by atoms with Gasteiger partial charge in [0.25, 0.3) is 0 Å². The highest BCUT2D eigenvalue weighted by Crippen LogP contribution is 2.18. The molecule has 130 valence electrons. The van der Waals surface area contributed by atoms with Gasteiger partial charge in [-0.05, 0) is 19.4 Å². The molecule has 2 aromatic rings. The van der Waals surface area contributed by atoms with E-state index in [4.69, 9.17) is 0 Å². The van der Waals surface area contributed by atoms with Gasteiger partial charge in [-0.25, -0.2) is 8.42 Å². The second-order valence-electron chi connectivity index (χ2n) is 6.20. The summed E-state index contributed by atoms with van der Waals surface area (Å²) >= 11 is 0. The van der Waals surface area contributed by atoms with Crippen LogP contribution >= 0.6 is 0 Å². The van der Waals surface area contributed by atoms with Gasteiger partial charge in [-0.15, -0.1) is 0 Å². The van der Waals surface area contributed by atoms with Crippen molar-refractivity contribution in [1.82, 2.24) is 19.0 Å². The third kappa shape index (κ3) is 3.68. The molecule has 0 spiro atoms. The van der Waals surface area contributed by atoms with Crippen LogP contribution in [0.15, 0.2) is 41.6 Å². The Morgan fingerprint density at radius 3 is 2.54 bits per heavy atom. The number of hydrogen-bond acceptors (Lipinski definition) is 4. The molecule has 0 atom stereocenters. The van der Waals surface area contributed by atoms with E-state index in [0.29, 0.717) is 19.6 Å². The molecule has 0 amide bonds. The lowest BCUT2D eigenvalue weighted by Crippen LogP contribution is -2.48. The number of aryl methyl sites for hydroxylation is 2. The molecule has 1 aromatic heterocycles. The molecule has 2 heterocycles. The molecule has 1 aromatic carbocycles. The predicted octanol–water partition coefficient (Wildman–Crippen LogP) is 1.72. The molecule has 1 aliphatic rings. The van der Waals surface area contributed by atoms with Crippen LogP contribution in [-0.2, 0) is 23.1 Å². The Balaban J connectivity index is 1.62. The second kappa shape index (κ2) is 7.04. The second-order valence-corrected chi connectivity index (χ2v) is 8.14. The molecule has 1 saturated heterocycles. The van der Waals surface area contributed by atoms with Gasteiger partial charge in [0.1, 0.15) is 4.90 Å². The first kappa shape index (κ1) is 17.1. The van der Waals surface area contributed by atoms with Gasteiger partial charge in [0.05, 0.1) is 6.20 Å². The summed E-state index contributed by atoms with van der Waals surface area (Å²) in [6.45, 7) is 8.09. The Morgan fingerprint density at radius 1 is 1.17 bits per heavy atom.